The van der Waals surface area contributed by atoms with Gasteiger partial charge >= 0.3 is 17.9 Å². The Hall–Kier alpha value is -1.59. The van der Waals surface area contributed by atoms with Crippen molar-refractivity contribution in [3.05, 3.63) is 0 Å². The van der Waals surface area contributed by atoms with Gasteiger partial charge in [-0.25, -0.2) is 0 Å². The van der Waals surface area contributed by atoms with Crippen molar-refractivity contribution >= 4 is 17.9 Å². The highest BCUT2D eigenvalue weighted by Crippen LogP contribution is 2.70. The normalized spacial score (nSPS) is 39.0. The van der Waals surface area contributed by atoms with E-state index in [0.717, 1.165) is 19.3 Å². The molecule has 0 aromatic heterocycles. The topological polar surface area (TPSA) is 78.9 Å². The van der Waals surface area contributed by atoms with E-state index >= 15 is 0 Å². The van der Waals surface area contributed by atoms with Crippen molar-refractivity contribution in [3.63, 3.8) is 0 Å². The first kappa shape index (κ1) is 17.2. The fourth-order valence-corrected chi connectivity index (χ4v) is 6.10. The van der Waals surface area contributed by atoms with Crippen molar-refractivity contribution in [2.24, 2.45) is 34.5 Å². The van der Waals surface area contributed by atoms with Crippen LogP contribution in [0.5, 0.6) is 0 Å². The van der Waals surface area contributed by atoms with Crippen molar-refractivity contribution in [1.82, 2.24) is 0 Å². The number of esters is 3. The van der Waals surface area contributed by atoms with Gasteiger partial charge in [0, 0.05) is 0 Å². The van der Waals surface area contributed by atoms with Crippen molar-refractivity contribution < 1.29 is 28.6 Å². The van der Waals surface area contributed by atoms with E-state index in [9.17, 15) is 14.4 Å². The predicted octanol–water partition coefficient (Wildman–Crippen LogP) is 1.95. The second-order valence-electron chi connectivity index (χ2n) is 7.80. The first-order valence-electron chi connectivity index (χ1n) is 8.60. The standard InChI is InChI=1S/C18H26O6/c1-17-7-5-6-11(17)13(14(19)22-2)10-8-18(9-12(10)17,15(20)23-3)16(21)24-4/h10-13H,5-9H2,1-4H3/t10-,11+,12+,13?,17+/m0/s1. The zero-order chi connectivity index (χ0) is 17.7. The zero-order valence-electron chi connectivity index (χ0n) is 14.8. The van der Waals surface area contributed by atoms with Gasteiger partial charge in [-0.05, 0) is 48.9 Å². The van der Waals surface area contributed by atoms with Gasteiger partial charge in [-0.15, -0.1) is 0 Å². The van der Waals surface area contributed by atoms with Gasteiger partial charge in [0.15, 0.2) is 5.41 Å². The summed E-state index contributed by atoms with van der Waals surface area (Å²) in [6, 6.07) is 0. The summed E-state index contributed by atoms with van der Waals surface area (Å²) in [5, 5.41) is 0. The van der Waals surface area contributed by atoms with Crippen molar-refractivity contribution in [2.45, 2.75) is 39.0 Å². The Labute approximate surface area is 142 Å². The second-order valence-corrected chi connectivity index (χ2v) is 7.80. The summed E-state index contributed by atoms with van der Waals surface area (Å²) in [6.07, 6.45) is 3.80. The maximum Gasteiger partial charge on any atom is 0.323 e. The van der Waals surface area contributed by atoms with E-state index in [1.165, 1.54) is 21.3 Å². The quantitative estimate of drug-likeness (QED) is 0.445. The van der Waals surface area contributed by atoms with Crippen molar-refractivity contribution in [2.75, 3.05) is 21.3 Å². The molecule has 3 aliphatic rings. The lowest BCUT2D eigenvalue weighted by atomic mass is 9.70. The van der Waals surface area contributed by atoms with E-state index in [2.05, 4.69) is 6.92 Å². The zero-order valence-corrected chi connectivity index (χ0v) is 14.8. The minimum atomic E-state index is -1.29. The van der Waals surface area contributed by atoms with Crippen LogP contribution in [0.25, 0.3) is 0 Å². The first-order chi connectivity index (χ1) is 11.4. The molecule has 3 fully saturated rings. The number of hydrogen-bond donors (Lipinski definition) is 0. The molecule has 3 saturated carbocycles. The lowest BCUT2D eigenvalue weighted by molar-refractivity contribution is -0.170. The Morgan fingerprint density at radius 2 is 1.54 bits per heavy atom. The monoisotopic (exact) mass is 338 g/mol. The third-order valence-electron chi connectivity index (χ3n) is 7.11. The molecular formula is C18H26O6. The molecule has 6 nitrogen and oxygen atoms in total. The van der Waals surface area contributed by atoms with Crippen LogP contribution in [0, 0.1) is 34.5 Å². The minimum Gasteiger partial charge on any atom is -0.469 e. The maximum atomic E-state index is 12.5. The Balaban J connectivity index is 2.02. The molecular weight excluding hydrogens is 312 g/mol. The highest BCUT2D eigenvalue weighted by molar-refractivity contribution is 6.00. The van der Waals surface area contributed by atoms with Crippen LogP contribution < -0.4 is 0 Å². The van der Waals surface area contributed by atoms with E-state index in [-0.39, 0.29) is 35.1 Å². The lowest BCUT2D eigenvalue weighted by Gasteiger charge is -2.34. The number of carbonyl (C=O) groups excluding carboxylic acids is 3. The summed E-state index contributed by atoms with van der Waals surface area (Å²) >= 11 is 0. The largest absolute Gasteiger partial charge is 0.469 e. The van der Waals surface area contributed by atoms with Crippen LogP contribution >= 0.6 is 0 Å². The number of carbonyl (C=O) groups is 3. The summed E-state index contributed by atoms with van der Waals surface area (Å²) in [4.78, 5) is 37.4. The van der Waals surface area contributed by atoms with E-state index in [0.29, 0.717) is 12.8 Å². The van der Waals surface area contributed by atoms with Crippen LogP contribution in [0.1, 0.15) is 39.0 Å². The number of fused-ring (bicyclic) bond motifs is 3. The van der Waals surface area contributed by atoms with Gasteiger partial charge in [0.25, 0.3) is 0 Å². The SMILES string of the molecule is COC(=O)C1[C@H]2CC(C(=O)OC)(C(=O)OC)C[C@H]2[C@]2(C)CCC[C@H]12. The second kappa shape index (κ2) is 5.74. The van der Waals surface area contributed by atoms with Gasteiger partial charge in [0.1, 0.15) is 0 Å². The highest BCUT2D eigenvalue weighted by Gasteiger charge is 2.70. The summed E-state index contributed by atoms with van der Waals surface area (Å²) in [7, 11) is 3.99. The molecule has 3 aliphatic carbocycles. The van der Waals surface area contributed by atoms with Gasteiger partial charge in [-0.1, -0.05) is 13.3 Å². The number of methoxy groups -OCH3 is 3. The smallest absolute Gasteiger partial charge is 0.323 e. The van der Waals surface area contributed by atoms with Gasteiger partial charge in [-0.2, -0.15) is 0 Å². The summed E-state index contributed by atoms with van der Waals surface area (Å²) in [5.74, 6) is -1.20. The van der Waals surface area contributed by atoms with Crippen molar-refractivity contribution in [3.8, 4) is 0 Å². The molecule has 0 heterocycles. The molecule has 0 amide bonds. The van der Waals surface area contributed by atoms with Gasteiger partial charge in [0.05, 0.1) is 27.2 Å². The average Bonchev–Trinajstić information content (AvgIpc) is 3.21. The van der Waals surface area contributed by atoms with E-state index in [1.807, 2.05) is 0 Å². The van der Waals surface area contributed by atoms with Gasteiger partial charge in [-0.3, -0.25) is 14.4 Å². The molecule has 0 N–H and O–H groups in total. The molecule has 0 radical (unpaired) electrons. The fourth-order valence-electron chi connectivity index (χ4n) is 6.10. The van der Waals surface area contributed by atoms with Crippen LogP contribution in [0.2, 0.25) is 0 Å². The molecule has 5 atom stereocenters. The average molecular weight is 338 g/mol. The van der Waals surface area contributed by atoms with E-state index in [1.54, 1.807) is 0 Å². The van der Waals surface area contributed by atoms with Crippen LogP contribution in [0.15, 0.2) is 0 Å². The van der Waals surface area contributed by atoms with E-state index < -0.39 is 17.4 Å². The molecule has 0 aromatic carbocycles. The lowest BCUT2D eigenvalue weighted by Crippen LogP contribution is -2.42. The molecule has 0 aromatic rings. The summed E-state index contributed by atoms with van der Waals surface area (Å²) < 4.78 is 14.9. The van der Waals surface area contributed by atoms with Crippen LogP contribution in [-0.2, 0) is 28.6 Å². The van der Waals surface area contributed by atoms with Crippen molar-refractivity contribution in [1.29, 1.82) is 0 Å². The number of hydrogen-bond acceptors (Lipinski definition) is 6. The third-order valence-corrected chi connectivity index (χ3v) is 7.11. The van der Waals surface area contributed by atoms with Crippen LogP contribution in [0.3, 0.4) is 0 Å². The summed E-state index contributed by atoms with van der Waals surface area (Å²) in [6.45, 7) is 2.20. The Kier molecular flexibility index (Phi) is 4.12. The highest BCUT2D eigenvalue weighted by atomic mass is 16.5. The van der Waals surface area contributed by atoms with Crippen LogP contribution in [0.4, 0.5) is 0 Å². The predicted molar refractivity (Wildman–Crippen MR) is 83.6 cm³/mol. The molecule has 0 bridgehead atoms. The molecule has 0 aliphatic heterocycles. The fraction of sp³-hybridized carbons (Fsp3) is 0.833. The molecule has 0 spiro atoms. The Morgan fingerprint density at radius 3 is 2.08 bits per heavy atom. The molecule has 6 heteroatoms. The maximum absolute atomic E-state index is 12.5. The summed E-state index contributed by atoms with van der Waals surface area (Å²) in [5.41, 5.74) is -1.32. The first-order valence-corrected chi connectivity index (χ1v) is 8.60. The Morgan fingerprint density at radius 1 is 0.917 bits per heavy atom. The molecule has 134 valence electrons. The molecule has 24 heavy (non-hydrogen) atoms. The van der Waals surface area contributed by atoms with Crippen LogP contribution in [-0.4, -0.2) is 39.2 Å². The number of ether oxygens (including phenoxy) is 3. The molecule has 0 saturated heterocycles. The van der Waals surface area contributed by atoms with E-state index in [4.69, 9.17) is 14.2 Å². The third kappa shape index (κ3) is 2.04. The molecule has 3 rings (SSSR count). The van der Waals surface area contributed by atoms with Gasteiger partial charge < -0.3 is 14.2 Å². The molecule has 1 unspecified atom stereocenters. The van der Waals surface area contributed by atoms with Gasteiger partial charge in [0.2, 0.25) is 0 Å². The number of rotatable bonds is 3. The minimum absolute atomic E-state index is 0.0344. The Bertz CT molecular complexity index is 554.